The van der Waals surface area contributed by atoms with E-state index >= 15 is 0 Å². The predicted molar refractivity (Wildman–Crippen MR) is 65.5 cm³/mol. The zero-order valence-corrected chi connectivity index (χ0v) is 9.76. The van der Waals surface area contributed by atoms with Crippen LogP contribution in [-0.2, 0) is 0 Å². The molecule has 0 saturated heterocycles. The highest BCUT2D eigenvalue weighted by molar-refractivity contribution is 8.03. The zero-order chi connectivity index (χ0) is 10.9. The molecule has 1 nitrogen and oxygen atoms in total. The van der Waals surface area contributed by atoms with E-state index in [0.717, 1.165) is 12.8 Å². The van der Waals surface area contributed by atoms with E-state index in [0.29, 0.717) is 6.42 Å². The van der Waals surface area contributed by atoms with Crippen molar-refractivity contribution in [2.75, 3.05) is 0 Å². The molecule has 2 heteroatoms. The van der Waals surface area contributed by atoms with Gasteiger partial charge >= 0.3 is 0 Å². The van der Waals surface area contributed by atoms with Gasteiger partial charge in [-0.25, -0.2) is 0 Å². The maximum atomic E-state index is 8.39. The first-order chi connectivity index (χ1) is 7.33. The number of hydrogen-bond acceptors (Lipinski definition) is 2. The van der Waals surface area contributed by atoms with Crippen LogP contribution in [0.25, 0.3) is 0 Å². The summed E-state index contributed by atoms with van der Waals surface area (Å²) >= 11 is 1.78. The second kappa shape index (κ2) is 7.14. The summed E-state index contributed by atoms with van der Waals surface area (Å²) in [6, 6.07) is 12.5. The molecule has 0 atom stereocenters. The van der Waals surface area contributed by atoms with Gasteiger partial charge in [0.1, 0.15) is 0 Å². The van der Waals surface area contributed by atoms with Crippen LogP contribution in [0.4, 0.5) is 0 Å². The van der Waals surface area contributed by atoms with Crippen molar-refractivity contribution < 1.29 is 0 Å². The first-order valence-electron chi connectivity index (χ1n) is 5.09. The fourth-order valence-electron chi connectivity index (χ4n) is 1.20. The Hall–Kier alpha value is -1.20. The Morgan fingerprint density at radius 2 is 2.13 bits per heavy atom. The lowest BCUT2D eigenvalue weighted by Crippen LogP contribution is -1.74. The first kappa shape index (κ1) is 11.9. The van der Waals surface area contributed by atoms with Gasteiger partial charge < -0.3 is 0 Å². The van der Waals surface area contributed by atoms with Crippen molar-refractivity contribution in [2.45, 2.75) is 31.1 Å². The molecule has 0 unspecified atom stereocenters. The summed E-state index contributed by atoms with van der Waals surface area (Å²) in [6.45, 7) is 2.12. The van der Waals surface area contributed by atoms with Crippen LogP contribution in [0.15, 0.2) is 46.2 Å². The molecule has 78 valence electrons. The van der Waals surface area contributed by atoms with Crippen molar-refractivity contribution in [3.05, 3.63) is 41.3 Å². The average molecular weight is 217 g/mol. The molecule has 0 aliphatic heterocycles. The van der Waals surface area contributed by atoms with Gasteiger partial charge in [0.05, 0.1) is 6.07 Å². The predicted octanol–water partition coefficient (Wildman–Crippen LogP) is 4.38. The van der Waals surface area contributed by atoms with Gasteiger partial charge in [0.2, 0.25) is 0 Å². The van der Waals surface area contributed by atoms with Crippen LogP contribution in [0, 0.1) is 11.3 Å². The lowest BCUT2D eigenvalue weighted by Gasteiger charge is -2.00. The van der Waals surface area contributed by atoms with Crippen LogP contribution in [0.1, 0.15) is 26.2 Å². The van der Waals surface area contributed by atoms with E-state index in [-0.39, 0.29) is 0 Å². The second-order valence-electron chi connectivity index (χ2n) is 3.28. The fourth-order valence-corrected chi connectivity index (χ4v) is 2.07. The molecule has 0 amide bonds. The topological polar surface area (TPSA) is 23.8 Å². The van der Waals surface area contributed by atoms with Crippen LogP contribution in [0.5, 0.6) is 0 Å². The third-order valence-electron chi connectivity index (χ3n) is 1.95. The fraction of sp³-hybridized carbons (Fsp3) is 0.308. The zero-order valence-electron chi connectivity index (χ0n) is 8.94. The van der Waals surface area contributed by atoms with Crippen LogP contribution in [0.3, 0.4) is 0 Å². The highest BCUT2D eigenvalue weighted by Gasteiger charge is 1.93. The average Bonchev–Trinajstić information content (AvgIpc) is 2.26. The molecule has 1 aromatic rings. The monoisotopic (exact) mass is 217 g/mol. The molecule has 15 heavy (non-hydrogen) atoms. The van der Waals surface area contributed by atoms with Crippen molar-refractivity contribution in [3.8, 4) is 6.07 Å². The Morgan fingerprint density at radius 3 is 2.80 bits per heavy atom. The van der Waals surface area contributed by atoms with Gasteiger partial charge in [-0.1, -0.05) is 36.0 Å². The van der Waals surface area contributed by atoms with Crippen LogP contribution in [0.2, 0.25) is 0 Å². The Balaban J connectivity index is 2.36. The summed E-state index contributed by atoms with van der Waals surface area (Å²) in [6.07, 6.45) is 4.82. The van der Waals surface area contributed by atoms with E-state index in [4.69, 9.17) is 5.26 Å². The standard InChI is InChI=1S/C13H15NS/c1-12(8-4-3-7-11-14)15-13-9-5-2-6-10-13/h2,5-6,8-10H,3-4,7H2,1H3/b12-8-. The van der Waals surface area contributed by atoms with Crippen molar-refractivity contribution >= 4 is 11.8 Å². The van der Waals surface area contributed by atoms with Gasteiger partial charge in [-0.2, -0.15) is 5.26 Å². The van der Waals surface area contributed by atoms with E-state index in [9.17, 15) is 0 Å². The maximum Gasteiger partial charge on any atom is 0.0621 e. The molecule has 0 aliphatic carbocycles. The smallest absolute Gasteiger partial charge is 0.0621 e. The first-order valence-corrected chi connectivity index (χ1v) is 5.91. The number of hydrogen-bond donors (Lipinski definition) is 0. The Morgan fingerprint density at radius 1 is 1.40 bits per heavy atom. The molecule has 1 aromatic carbocycles. The van der Waals surface area contributed by atoms with Crippen molar-refractivity contribution in [2.24, 2.45) is 0 Å². The summed E-state index contributed by atoms with van der Waals surface area (Å²) in [5, 5.41) is 8.39. The van der Waals surface area contributed by atoms with Crippen molar-refractivity contribution in [1.82, 2.24) is 0 Å². The highest BCUT2D eigenvalue weighted by atomic mass is 32.2. The van der Waals surface area contributed by atoms with Crippen molar-refractivity contribution in [3.63, 3.8) is 0 Å². The van der Waals surface area contributed by atoms with Gasteiger partial charge in [-0.3, -0.25) is 0 Å². The van der Waals surface area contributed by atoms with Crippen LogP contribution >= 0.6 is 11.8 Å². The van der Waals surface area contributed by atoms with Gasteiger partial charge in [0, 0.05) is 11.3 Å². The third kappa shape index (κ3) is 5.29. The van der Waals surface area contributed by atoms with E-state index in [1.165, 1.54) is 9.80 Å². The molecule has 0 saturated carbocycles. The number of nitriles is 1. The molecule has 0 N–H and O–H groups in total. The lowest BCUT2D eigenvalue weighted by atomic mass is 10.2. The van der Waals surface area contributed by atoms with E-state index in [1.54, 1.807) is 11.8 Å². The van der Waals surface area contributed by atoms with Gasteiger partial charge in [-0.05, 0) is 36.8 Å². The van der Waals surface area contributed by atoms with E-state index in [2.05, 4.69) is 31.2 Å². The molecule has 0 aliphatic rings. The van der Waals surface area contributed by atoms with E-state index in [1.807, 2.05) is 18.2 Å². The Labute approximate surface area is 95.8 Å². The minimum absolute atomic E-state index is 0.653. The molecular formula is C13H15NS. The number of nitrogens with zero attached hydrogens (tertiary/aromatic N) is 1. The van der Waals surface area contributed by atoms with Crippen molar-refractivity contribution in [1.29, 1.82) is 5.26 Å². The largest absolute Gasteiger partial charge is 0.198 e. The van der Waals surface area contributed by atoms with Gasteiger partial charge in [0.25, 0.3) is 0 Å². The molecule has 0 bridgehead atoms. The second-order valence-corrected chi connectivity index (χ2v) is 4.60. The number of thioether (sulfide) groups is 1. The summed E-state index contributed by atoms with van der Waals surface area (Å²) in [4.78, 5) is 2.57. The maximum absolute atomic E-state index is 8.39. The molecule has 0 radical (unpaired) electrons. The molecule has 1 rings (SSSR count). The van der Waals surface area contributed by atoms with Crippen LogP contribution in [-0.4, -0.2) is 0 Å². The lowest BCUT2D eigenvalue weighted by molar-refractivity contribution is 0.874. The molecular weight excluding hydrogens is 202 g/mol. The summed E-state index contributed by atoms with van der Waals surface area (Å²) in [7, 11) is 0. The van der Waals surface area contributed by atoms with Gasteiger partial charge in [0.15, 0.2) is 0 Å². The minimum atomic E-state index is 0.653. The number of allylic oxidation sites excluding steroid dienone is 2. The summed E-state index contributed by atoms with van der Waals surface area (Å²) < 4.78 is 0. The third-order valence-corrected chi connectivity index (χ3v) is 2.94. The number of unbranched alkanes of at least 4 members (excludes halogenated alkanes) is 2. The number of rotatable bonds is 5. The molecule has 0 spiro atoms. The van der Waals surface area contributed by atoms with E-state index < -0.39 is 0 Å². The summed E-state index contributed by atoms with van der Waals surface area (Å²) in [5.74, 6) is 0. The Bertz CT molecular complexity index is 349. The Kier molecular flexibility index (Phi) is 5.65. The quantitative estimate of drug-likeness (QED) is 0.540. The van der Waals surface area contributed by atoms with Crippen LogP contribution < -0.4 is 0 Å². The minimum Gasteiger partial charge on any atom is -0.198 e. The number of benzene rings is 1. The highest BCUT2D eigenvalue weighted by Crippen LogP contribution is 2.25. The molecule has 0 aromatic heterocycles. The summed E-state index contributed by atoms with van der Waals surface area (Å²) in [5.41, 5.74) is 0. The van der Waals surface area contributed by atoms with Gasteiger partial charge in [-0.15, -0.1) is 0 Å². The normalized spacial score (nSPS) is 11.1. The molecule has 0 fully saturated rings. The SMILES string of the molecule is C/C(=C/CCCC#N)Sc1ccccc1. The molecule has 0 heterocycles.